The third kappa shape index (κ3) is 4.31. The molecule has 1 N–H and O–H groups in total. The van der Waals surface area contributed by atoms with E-state index in [2.05, 4.69) is 45.4 Å². The molecule has 0 aliphatic carbocycles. The Kier molecular flexibility index (Phi) is 5.62. The van der Waals surface area contributed by atoms with Gasteiger partial charge in [0.05, 0.1) is 18.9 Å². The number of morpholine rings is 1. The van der Waals surface area contributed by atoms with Crippen molar-refractivity contribution in [1.29, 1.82) is 0 Å². The van der Waals surface area contributed by atoms with E-state index in [-0.39, 0.29) is 0 Å². The van der Waals surface area contributed by atoms with Crippen molar-refractivity contribution >= 4 is 11.8 Å². The van der Waals surface area contributed by atoms with E-state index >= 15 is 0 Å². The standard InChI is InChI=1S/C20H27N5O/c1-2-6-17(7-3-1)18-16-19(25-9-4-5-10-25)23-20(22-18)21-8-11-24-12-14-26-15-13-24/h1-3,6-7,16H,4-5,8-15H2,(H,21,22,23). The maximum Gasteiger partial charge on any atom is 0.225 e. The predicted octanol–water partition coefficient (Wildman–Crippen LogP) is 2.49. The zero-order valence-corrected chi connectivity index (χ0v) is 15.2. The average molecular weight is 353 g/mol. The summed E-state index contributed by atoms with van der Waals surface area (Å²) in [6.07, 6.45) is 2.48. The number of hydrogen-bond acceptors (Lipinski definition) is 6. The minimum absolute atomic E-state index is 0.724. The van der Waals surface area contributed by atoms with Gasteiger partial charge in [-0.2, -0.15) is 4.98 Å². The molecule has 138 valence electrons. The Hall–Kier alpha value is -2.18. The van der Waals surface area contributed by atoms with Crippen molar-refractivity contribution in [3.8, 4) is 11.3 Å². The SMILES string of the molecule is c1ccc(-c2cc(N3CCCC3)nc(NCCN3CCOCC3)n2)cc1. The van der Waals surface area contributed by atoms with Crippen LogP contribution in [0.3, 0.4) is 0 Å². The van der Waals surface area contributed by atoms with E-state index in [1.54, 1.807) is 0 Å². The van der Waals surface area contributed by atoms with Crippen LogP contribution in [0, 0.1) is 0 Å². The number of nitrogens with zero attached hydrogens (tertiary/aromatic N) is 4. The Bertz CT molecular complexity index is 697. The molecule has 0 radical (unpaired) electrons. The largest absolute Gasteiger partial charge is 0.379 e. The van der Waals surface area contributed by atoms with Crippen molar-refractivity contribution < 1.29 is 4.74 Å². The van der Waals surface area contributed by atoms with Crippen LogP contribution in [-0.2, 0) is 4.74 Å². The Morgan fingerprint density at radius 2 is 1.73 bits per heavy atom. The molecule has 2 saturated heterocycles. The van der Waals surface area contributed by atoms with Gasteiger partial charge in [-0.05, 0) is 12.8 Å². The van der Waals surface area contributed by atoms with Crippen molar-refractivity contribution in [2.45, 2.75) is 12.8 Å². The summed E-state index contributed by atoms with van der Waals surface area (Å²) in [5.41, 5.74) is 2.11. The summed E-state index contributed by atoms with van der Waals surface area (Å²) in [5, 5.41) is 3.43. The second-order valence-electron chi connectivity index (χ2n) is 6.88. The highest BCUT2D eigenvalue weighted by molar-refractivity contribution is 5.64. The third-order valence-corrected chi connectivity index (χ3v) is 5.03. The molecule has 6 nitrogen and oxygen atoms in total. The van der Waals surface area contributed by atoms with Crippen LogP contribution in [0.1, 0.15) is 12.8 Å². The van der Waals surface area contributed by atoms with E-state index in [1.165, 1.54) is 12.8 Å². The summed E-state index contributed by atoms with van der Waals surface area (Å²) in [6.45, 7) is 7.67. The fourth-order valence-electron chi connectivity index (χ4n) is 3.53. The van der Waals surface area contributed by atoms with Crippen LogP contribution in [0.2, 0.25) is 0 Å². The highest BCUT2D eigenvalue weighted by Gasteiger charge is 2.17. The lowest BCUT2D eigenvalue weighted by Gasteiger charge is -2.26. The highest BCUT2D eigenvalue weighted by Crippen LogP contribution is 2.25. The van der Waals surface area contributed by atoms with Gasteiger partial charge in [-0.15, -0.1) is 0 Å². The van der Waals surface area contributed by atoms with E-state index in [9.17, 15) is 0 Å². The molecule has 1 aromatic heterocycles. The number of nitrogens with one attached hydrogen (secondary N) is 1. The average Bonchev–Trinajstić information content (AvgIpc) is 3.24. The number of rotatable bonds is 6. The van der Waals surface area contributed by atoms with E-state index in [0.29, 0.717) is 0 Å². The first kappa shape index (κ1) is 17.2. The van der Waals surface area contributed by atoms with E-state index in [0.717, 1.165) is 75.5 Å². The maximum atomic E-state index is 5.41. The first-order chi connectivity index (χ1) is 12.9. The van der Waals surface area contributed by atoms with Crippen LogP contribution in [0.15, 0.2) is 36.4 Å². The molecule has 0 saturated carbocycles. The number of ether oxygens (including phenoxy) is 1. The molecular formula is C20H27N5O. The molecule has 2 aliphatic heterocycles. The van der Waals surface area contributed by atoms with Gasteiger partial charge < -0.3 is 15.0 Å². The highest BCUT2D eigenvalue weighted by atomic mass is 16.5. The Balaban J connectivity index is 1.49. The smallest absolute Gasteiger partial charge is 0.225 e. The van der Waals surface area contributed by atoms with Gasteiger partial charge >= 0.3 is 0 Å². The zero-order chi connectivity index (χ0) is 17.6. The molecule has 2 fully saturated rings. The fraction of sp³-hybridized carbons (Fsp3) is 0.500. The van der Waals surface area contributed by atoms with Crippen LogP contribution in [-0.4, -0.2) is 67.4 Å². The molecule has 0 spiro atoms. The maximum absolute atomic E-state index is 5.41. The molecule has 0 atom stereocenters. The van der Waals surface area contributed by atoms with Crippen molar-refractivity contribution in [2.24, 2.45) is 0 Å². The molecule has 6 heteroatoms. The zero-order valence-electron chi connectivity index (χ0n) is 15.2. The van der Waals surface area contributed by atoms with Crippen LogP contribution in [0.5, 0.6) is 0 Å². The molecule has 26 heavy (non-hydrogen) atoms. The van der Waals surface area contributed by atoms with Gasteiger partial charge in [0.1, 0.15) is 5.82 Å². The van der Waals surface area contributed by atoms with Gasteiger partial charge in [-0.3, -0.25) is 4.90 Å². The fourth-order valence-corrected chi connectivity index (χ4v) is 3.53. The summed E-state index contributed by atoms with van der Waals surface area (Å²) in [7, 11) is 0. The minimum Gasteiger partial charge on any atom is -0.379 e. The van der Waals surface area contributed by atoms with Gasteiger partial charge in [0, 0.05) is 50.9 Å². The summed E-state index contributed by atoms with van der Waals surface area (Å²) in [5.74, 6) is 1.76. The minimum atomic E-state index is 0.724. The topological polar surface area (TPSA) is 53.5 Å². The van der Waals surface area contributed by atoms with Gasteiger partial charge in [0.2, 0.25) is 5.95 Å². The molecule has 0 bridgehead atoms. The van der Waals surface area contributed by atoms with Gasteiger partial charge in [0.25, 0.3) is 0 Å². The number of anilines is 2. The van der Waals surface area contributed by atoms with Crippen molar-refractivity contribution in [1.82, 2.24) is 14.9 Å². The number of hydrogen-bond donors (Lipinski definition) is 1. The lowest BCUT2D eigenvalue weighted by Crippen LogP contribution is -2.39. The van der Waals surface area contributed by atoms with Crippen LogP contribution in [0.25, 0.3) is 11.3 Å². The quantitative estimate of drug-likeness (QED) is 0.861. The number of benzene rings is 1. The normalized spacial score (nSPS) is 18.2. The first-order valence-corrected chi connectivity index (χ1v) is 9.62. The van der Waals surface area contributed by atoms with E-state index in [1.807, 2.05) is 6.07 Å². The molecule has 4 rings (SSSR count). The summed E-state index contributed by atoms with van der Waals surface area (Å²) in [6, 6.07) is 12.5. The second kappa shape index (κ2) is 8.47. The molecule has 2 aliphatic rings. The summed E-state index contributed by atoms with van der Waals surface area (Å²) in [4.78, 5) is 14.3. The van der Waals surface area contributed by atoms with Crippen LogP contribution < -0.4 is 10.2 Å². The Labute approximate surface area is 155 Å². The van der Waals surface area contributed by atoms with Crippen LogP contribution >= 0.6 is 0 Å². The van der Waals surface area contributed by atoms with E-state index < -0.39 is 0 Å². The van der Waals surface area contributed by atoms with Gasteiger partial charge in [-0.25, -0.2) is 4.98 Å². The van der Waals surface area contributed by atoms with Gasteiger partial charge in [0.15, 0.2) is 0 Å². The Morgan fingerprint density at radius 3 is 2.50 bits per heavy atom. The molecule has 3 heterocycles. The molecule has 0 amide bonds. The second-order valence-corrected chi connectivity index (χ2v) is 6.88. The third-order valence-electron chi connectivity index (χ3n) is 5.03. The van der Waals surface area contributed by atoms with Gasteiger partial charge in [-0.1, -0.05) is 30.3 Å². The lowest BCUT2D eigenvalue weighted by atomic mass is 10.1. The van der Waals surface area contributed by atoms with Crippen molar-refractivity contribution in [3.05, 3.63) is 36.4 Å². The van der Waals surface area contributed by atoms with Crippen molar-refractivity contribution in [2.75, 3.05) is 62.7 Å². The predicted molar refractivity (Wildman–Crippen MR) is 105 cm³/mol. The number of aromatic nitrogens is 2. The van der Waals surface area contributed by atoms with Crippen molar-refractivity contribution in [3.63, 3.8) is 0 Å². The molecular weight excluding hydrogens is 326 g/mol. The Morgan fingerprint density at radius 1 is 0.962 bits per heavy atom. The lowest BCUT2D eigenvalue weighted by molar-refractivity contribution is 0.0398. The van der Waals surface area contributed by atoms with Crippen LogP contribution in [0.4, 0.5) is 11.8 Å². The first-order valence-electron chi connectivity index (χ1n) is 9.62. The molecule has 0 unspecified atom stereocenters. The molecule has 2 aromatic rings. The summed E-state index contributed by atoms with van der Waals surface area (Å²) >= 11 is 0. The monoisotopic (exact) mass is 353 g/mol. The molecule has 1 aromatic carbocycles. The van der Waals surface area contributed by atoms with E-state index in [4.69, 9.17) is 14.7 Å². The summed E-state index contributed by atoms with van der Waals surface area (Å²) < 4.78 is 5.41.